The standard InChI is InChI=1S/C19H21FN2O5S2/c20-15-3-6-17(7-4-15)29(25,26)22-11-9-21(10-12-22)18(23)14-27-19(24)8-5-16-2-1-13-28-16/h1-4,6-7,13H,5,8-12,14H2. The van der Waals surface area contributed by atoms with Crippen molar-refractivity contribution in [1.82, 2.24) is 9.21 Å². The molecule has 0 radical (unpaired) electrons. The van der Waals surface area contributed by atoms with Gasteiger partial charge in [0.05, 0.1) is 11.3 Å². The van der Waals surface area contributed by atoms with Gasteiger partial charge in [0.2, 0.25) is 10.0 Å². The third kappa shape index (κ3) is 5.62. The van der Waals surface area contributed by atoms with Crippen LogP contribution in [0.3, 0.4) is 0 Å². The van der Waals surface area contributed by atoms with Gasteiger partial charge >= 0.3 is 5.97 Å². The first-order valence-electron chi connectivity index (χ1n) is 9.08. The van der Waals surface area contributed by atoms with Crippen LogP contribution in [0.1, 0.15) is 11.3 Å². The molecule has 0 unspecified atom stereocenters. The highest BCUT2D eigenvalue weighted by Gasteiger charge is 2.30. The van der Waals surface area contributed by atoms with E-state index in [1.165, 1.54) is 21.3 Å². The smallest absolute Gasteiger partial charge is 0.306 e. The number of aryl methyl sites for hydroxylation is 1. The van der Waals surface area contributed by atoms with E-state index < -0.39 is 21.8 Å². The zero-order chi connectivity index (χ0) is 20.9. The lowest BCUT2D eigenvalue weighted by molar-refractivity contribution is -0.152. The zero-order valence-electron chi connectivity index (χ0n) is 15.6. The Kier molecular flexibility index (Phi) is 6.99. The van der Waals surface area contributed by atoms with E-state index in [0.717, 1.165) is 17.0 Å². The summed E-state index contributed by atoms with van der Waals surface area (Å²) < 4.78 is 44.5. The van der Waals surface area contributed by atoms with E-state index in [0.29, 0.717) is 6.42 Å². The minimum absolute atomic E-state index is 0.0124. The Hall–Kier alpha value is -2.30. The lowest BCUT2D eigenvalue weighted by Crippen LogP contribution is -2.51. The molecule has 0 atom stereocenters. The van der Waals surface area contributed by atoms with Crippen molar-refractivity contribution in [1.29, 1.82) is 0 Å². The Morgan fingerprint density at radius 3 is 2.38 bits per heavy atom. The topological polar surface area (TPSA) is 84.0 Å². The van der Waals surface area contributed by atoms with Crippen LogP contribution in [0.25, 0.3) is 0 Å². The molecule has 0 aliphatic carbocycles. The molecule has 10 heteroatoms. The second-order valence-electron chi connectivity index (χ2n) is 6.48. The minimum atomic E-state index is -3.74. The molecule has 29 heavy (non-hydrogen) atoms. The summed E-state index contributed by atoms with van der Waals surface area (Å²) in [6.45, 7) is 0.293. The van der Waals surface area contributed by atoms with Crippen LogP contribution in [-0.4, -0.2) is 62.3 Å². The summed E-state index contributed by atoms with van der Waals surface area (Å²) in [6.07, 6.45) is 0.780. The van der Waals surface area contributed by atoms with Gasteiger partial charge in [-0.3, -0.25) is 9.59 Å². The second-order valence-corrected chi connectivity index (χ2v) is 9.45. The van der Waals surface area contributed by atoms with E-state index >= 15 is 0 Å². The lowest BCUT2D eigenvalue weighted by Gasteiger charge is -2.33. The van der Waals surface area contributed by atoms with Crippen LogP contribution in [0, 0.1) is 5.82 Å². The molecule has 2 heterocycles. The van der Waals surface area contributed by atoms with Crippen molar-refractivity contribution < 1.29 is 27.1 Å². The van der Waals surface area contributed by atoms with Crippen molar-refractivity contribution in [2.75, 3.05) is 32.8 Å². The first-order chi connectivity index (χ1) is 13.9. The number of halogens is 1. The highest BCUT2D eigenvalue weighted by Crippen LogP contribution is 2.18. The van der Waals surface area contributed by atoms with Gasteiger partial charge in [-0.05, 0) is 42.1 Å². The summed E-state index contributed by atoms with van der Waals surface area (Å²) in [5, 5.41) is 1.93. The molecule has 1 aliphatic rings. The van der Waals surface area contributed by atoms with Crippen LogP contribution in [0.5, 0.6) is 0 Å². The van der Waals surface area contributed by atoms with E-state index in [4.69, 9.17) is 4.74 Å². The number of piperazine rings is 1. The summed E-state index contributed by atoms with van der Waals surface area (Å²) in [7, 11) is -3.74. The molecular weight excluding hydrogens is 419 g/mol. The van der Waals surface area contributed by atoms with Crippen LogP contribution >= 0.6 is 11.3 Å². The first-order valence-corrected chi connectivity index (χ1v) is 11.4. The third-order valence-electron chi connectivity index (χ3n) is 4.56. The van der Waals surface area contributed by atoms with Crippen LogP contribution in [0.4, 0.5) is 4.39 Å². The van der Waals surface area contributed by atoms with E-state index in [-0.39, 0.29) is 50.0 Å². The number of ether oxygens (including phenoxy) is 1. The fourth-order valence-corrected chi connectivity index (χ4v) is 5.05. The normalized spacial score (nSPS) is 15.3. The summed E-state index contributed by atoms with van der Waals surface area (Å²) in [4.78, 5) is 26.6. The van der Waals surface area contributed by atoms with Crippen molar-refractivity contribution in [2.24, 2.45) is 0 Å². The van der Waals surface area contributed by atoms with E-state index in [2.05, 4.69) is 0 Å². The van der Waals surface area contributed by atoms with Crippen molar-refractivity contribution in [2.45, 2.75) is 17.7 Å². The summed E-state index contributed by atoms with van der Waals surface area (Å²) in [6, 6.07) is 8.47. The van der Waals surface area contributed by atoms with Gasteiger partial charge in [-0.15, -0.1) is 11.3 Å². The fraction of sp³-hybridized carbons (Fsp3) is 0.368. The number of thiophene rings is 1. The molecule has 3 rings (SSSR count). The third-order valence-corrected chi connectivity index (χ3v) is 7.40. The molecule has 0 saturated carbocycles. The second kappa shape index (κ2) is 9.47. The molecule has 1 aliphatic heterocycles. The van der Waals surface area contributed by atoms with Crippen molar-refractivity contribution in [3.05, 3.63) is 52.5 Å². The quantitative estimate of drug-likeness (QED) is 0.614. The predicted octanol–water partition coefficient (Wildman–Crippen LogP) is 1.90. The number of sulfonamides is 1. The van der Waals surface area contributed by atoms with E-state index in [1.54, 1.807) is 11.3 Å². The number of rotatable bonds is 7. The Balaban J connectivity index is 1.44. The minimum Gasteiger partial charge on any atom is -0.456 e. The molecular formula is C19H21FN2O5S2. The fourth-order valence-electron chi connectivity index (χ4n) is 2.92. The number of esters is 1. The van der Waals surface area contributed by atoms with Gasteiger partial charge in [0.1, 0.15) is 5.82 Å². The Labute approximate surface area is 172 Å². The van der Waals surface area contributed by atoms with Gasteiger partial charge in [0, 0.05) is 31.1 Å². The van der Waals surface area contributed by atoms with E-state index in [9.17, 15) is 22.4 Å². The molecule has 7 nitrogen and oxygen atoms in total. The maximum absolute atomic E-state index is 13.0. The molecule has 156 valence electrons. The van der Waals surface area contributed by atoms with Crippen LogP contribution in [-0.2, 0) is 30.8 Å². The predicted molar refractivity (Wildman–Crippen MR) is 105 cm³/mol. The van der Waals surface area contributed by atoms with Crippen LogP contribution in [0.15, 0.2) is 46.7 Å². The maximum atomic E-state index is 13.0. The van der Waals surface area contributed by atoms with Crippen molar-refractivity contribution in [3.63, 3.8) is 0 Å². The molecule has 1 fully saturated rings. The molecule has 1 saturated heterocycles. The van der Waals surface area contributed by atoms with Gasteiger partial charge in [-0.1, -0.05) is 6.07 Å². The highest BCUT2D eigenvalue weighted by molar-refractivity contribution is 7.89. The Morgan fingerprint density at radius 2 is 1.76 bits per heavy atom. The number of carbonyl (C=O) groups excluding carboxylic acids is 2. The number of hydrogen-bond donors (Lipinski definition) is 0. The van der Waals surface area contributed by atoms with Gasteiger partial charge < -0.3 is 9.64 Å². The zero-order valence-corrected chi connectivity index (χ0v) is 17.3. The van der Waals surface area contributed by atoms with Crippen molar-refractivity contribution in [3.8, 4) is 0 Å². The molecule has 1 aromatic carbocycles. The average molecular weight is 441 g/mol. The number of carbonyl (C=O) groups is 2. The molecule has 0 bridgehead atoms. The molecule has 0 spiro atoms. The monoisotopic (exact) mass is 440 g/mol. The number of nitrogens with zero attached hydrogens (tertiary/aromatic N) is 2. The SMILES string of the molecule is O=C(CCc1cccs1)OCC(=O)N1CCN(S(=O)(=O)c2ccc(F)cc2)CC1. The number of hydrogen-bond acceptors (Lipinski definition) is 6. The summed E-state index contributed by atoms with van der Waals surface area (Å²) in [5.74, 6) is -1.30. The Morgan fingerprint density at radius 1 is 1.07 bits per heavy atom. The largest absolute Gasteiger partial charge is 0.456 e. The van der Waals surface area contributed by atoms with Gasteiger partial charge in [0.15, 0.2) is 6.61 Å². The lowest BCUT2D eigenvalue weighted by atomic mass is 10.3. The number of benzene rings is 1. The first kappa shape index (κ1) is 21.4. The van der Waals surface area contributed by atoms with Gasteiger partial charge in [-0.2, -0.15) is 4.31 Å². The van der Waals surface area contributed by atoms with Crippen LogP contribution in [0.2, 0.25) is 0 Å². The highest BCUT2D eigenvalue weighted by atomic mass is 32.2. The molecule has 2 aromatic rings. The molecule has 0 N–H and O–H groups in total. The van der Waals surface area contributed by atoms with E-state index in [1.807, 2.05) is 17.5 Å². The summed E-state index contributed by atoms with van der Waals surface area (Å²) in [5.41, 5.74) is 0. The number of amides is 1. The van der Waals surface area contributed by atoms with Gasteiger partial charge in [-0.25, -0.2) is 12.8 Å². The summed E-state index contributed by atoms with van der Waals surface area (Å²) >= 11 is 1.56. The molecule has 1 amide bonds. The van der Waals surface area contributed by atoms with Gasteiger partial charge in [0.25, 0.3) is 5.91 Å². The van der Waals surface area contributed by atoms with Crippen LogP contribution < -0.4 is 0 Å². The van der Waals surface area contributed by atoms with Crippen molar-refractivity contribution >= 4 is 33.2 Å². The molecule has 1 aromatic heterocycles. The average Bonchev–Trinajstić information content (AvgIpc) is 3.24. The maximum Gasteiger partial charge on any atom is 0.306 e. The Bertz CT molecular complexity index is 937.